The van der Waals surface area contributed by atoms with E-state index < -0.39 is 0 Å². The van der Waals surface area contributed by atoms with Gasteiger partial charge in [-0.2, -0.15) is 5.21 Å². The van der Waals surface area contributed by atoms with E-state index in [0.717, 1.165) is 53.8 Å². The zero-order valence-electron chi connectivity index (χ0n) is 18.8. The molecule has 33 heavy (non-hydrogen) atoms. The monoisotopic (exact) mass is 445 g/mol. The van der Waals surface area contributed by atoms with Gasteiger partial charge >= 0.3 is 5.69 Å². The van der Waals surface area contributed by atoms with Crippen LogP contribution in [0.1, 0.15) is 43.6 Å². The molecular weight excluding hydrogens is 418 g/mol. The average molecular weight is 446 g/mol. The van der Waals surface area contributed by atoms with Crippen LogP contribution >= 0.6 is 0 Å². The minimum atomic E-state index is 0.0129. The number of unbranched alkanes of at least 4 members (excludes halogenated alkanes) is 1. The van der Waals surface area contributed by atoms with Crippen molar-refractivity contribution >= 4 is 0 Å². The molecule has 0 saturated heterocycles. The highest BCUT2D eigenvalue weighted by Crippen LogP contribution is 2.37. The first-order valence-corrected chi connectivity index (χ1v) is 11.3. The molecule has 1 fully saturated rings. The second kappa shape index (κ2) is 9.11. The first-order chi connectivity index (χ1) is 16.2. The highest BCUT2D eigenvalue weighted by Gasteiger charge is 2.40. The molecule has 0 radical (unpaired) electrons. The third-order valence-electron chi connectivity index (χ3n) is 6.20. The molecule has 3 aromatic heterocycles. The molecule has 0 spiro atoms. The van der Waals surface area contributed by atoms with Crippen LogP contribution in [0.3, 0.4) is 0 Å². The number of rotatable bonds is 9. The molecule has 1 aliphatic rings. The van der Waals surface area contributed by atoms with Crippen LogP contribution in [-0.4, -0.2) is 48.0 Å². The van der Waals surface area contributed by atoms with Crippen LogP contribution in [0.2, 0.25) is 0 Å². The van der Waals surface area contributed by atoms with E-state index >= 15 is 0 Å². The van der Waals surface area contributed by atoms with E-state index in [4.69, 9.17) is 4.74 Å². The predicted octanol–water partition coefficient (Wildman–Crippen LogP) is 3.24. The predicted molar refractivity (Wildman–Crippen MR) is 124 cm³/mol. The highest BCUT2D eigenvalue weighted by molar-refractivity contribution is 5.79. The smallest absolute Gasteiger partial charge is 0.329 e. The van der Waals surface area contributed by atoms with Crippen LogP contribution < -0.4 is 5.69 Å². The Morgan fingerprint density at radius 3 is 2.70 bits per heavy atom. The molecule has 1 aliphatic carbocycles. The van der Waals surface area contributed by atoms with Gasteiger partial charge in [0.15, 0.2) is 0 Å². The quantitative estimate of drug-likeness (QED) is 0.424. The lowest BCUT2D eigenvalue weighted by atomic mass is 10.0. The number of H-pyrrole nitrogens is 1. The van der Waals surface area contributed by atoms with Gasteiger partial charge in [-0.3, -0.25) is 14.1 Å². The van der Waals surface area contributed by atoms with Crippen LogP contribution in [0.4, 0.5) is 0 Å². The summed E-state index contributed by atoms with van der Waals surface area (Å²) in [5.41, 5.74) is 4.72. The molecule has 1 saturated carbocycles. The Balaban J connectivity index is 1.42. The van der Waals surface area contributed by atoms with Gasteiger partial charge in [-0.1, -0.05) is 43.7 Å². The van der Waals surface area contributed by atoms with E-state index in [0.29, 0.717) is 12.4 Å². The van der Waals surface area contributed by atoms with Crippen LogP contribution in [0.15, 0.2) is 53.6 Å². The number of nitrogens with one attached hydrogen (secondary N) is 1. The number of ether oxygens (including phenoxy) is 1. The Morgan fingerprint density at radius 1 is 1.18 bits per heavy atom. The molecule has 0 amide bonds. The van der Waals surface area contributed by atoms with Gasteiger partial charge in [-0.15, -0.1) is 10.2 Å². The molecule has 1 N–H and O–H groups in total. The molecule has 2 atom stereocenters. The van der Waals surface area contributed by atoms with Gasteiger partial charge in [-0.25, -0.2) is 4.79 Å². The topological polar surface area (TPSA) is 104 Å². The van der Waals surface area contributed by atoms with Crippen molar-refractivity contribution in [3.8, 4) is 22.5 Å². The lowest BCUT2D eigenvalue weighted by Crippen LogP contribution is -2.26. The molecule has 5 rings (SSSR count). The van der Waals surface area contributed by atoms with Gasteiger partial charge < -0.3 is 4.74 Å². The molecule has 9 heteroatoms. The molecule has 2 unspecified atom stereocenters. The number of aromatic nitrogens is 7. The second-order valence-electron chi connectivity index (χ2n) is 8.40. The largest absolute Gasteiger partial charge is 0.379 e. The van der Waals surface area contributed by atoms with Gasteiger partial charge in [0.2, 0.25) is 5.82 Å². The normalized spacial score (nSPS) is 17.4. The van der Waals surface area contributed by atoms with Crippen molar-refractivity contribution in [1.82, 2.24) is 34.7 Å². The van der Waals surface area contributed by atoms with Crippen LogP contribution in [0.5, 0.6) is 0 Å². The van der Waals surface area contributed by atoms with Crippen molar-refractivity contribution in [3.63, 3.8) is 0 Å². The summed E-state index contributed by atoms with van der Waals surface area (Å²) in [7, 11) is 1.70. The van der Waals surface area contributed by atoms with Gasteiger partial charge in [0, 0.05) is 36.3 Å². The van der Waals surface area contributed by atoms with E-state index in [1.54, 1.807) is 7.11 Å². The summed E-state index contributed by atoms with van der Waals surface area (Å²) >= 11 is 0. The van der Waals surface area contributed by atoms with Crippen LogP contribution in [-0.2, 0) is 17.7 Å². The highest BCUT2D eigenvalue weighted by atomic mass is 16.5. The van der Waals surface area contributed by atoms with Crippen molar-refractivity contribution in [2.75, 3.05) is 7.11 Å². The number of benzene rings is 1. The lowest BCUT2D eigenvalue weighted by Gasteiger charge is -2.09. The number of hydrogen-bond acceptors (Lipinski definition) is 6. The summed E-state index contributed by atoms with van der Waals surface area (Å²) in [5.74, 6) is 0.539. The molecule has 0 aliphatic heterocycles. The summed E-state index contributed by atoms with van der Waals surface area (Å²) in [5, 5.41) is 14.4. The Bertz CT molecular complexity index is 1280. The van der Waals surface area contributed by atoms with Gasteiger partial charge in [0.1, 0.15) is 0 Å². The lowest BCUT2D eigenvalue weighted by molar-refractivity contribution is 0.169. The van der Waals surface area contributed by atoms with Crippen molar-refractivity contribution in [2.24, 2.45) is 0 Å². The fraction of sp³-hybridized carbons (Fsp3) is 0.375. The standard InChI is InChI=1S/C24H27N7O2/c1-3-4-7-18-15-31(21-12-22(21)33-2)24(32)30(18)14-17-11-10-16(13-25-17)19-8-5-6-9-20(19)23-26-28-29-27-23/h5-6,8-11,13,15,21-22H,3-4,7,12,14H2,1-2H3,(H,26,27,28,29). The first kappa shape index (κ1) is 21.3. The van der Waals surface area contributed by atoms with E-state index in [2.05, 4.69) is 32.5 Å². The van der Waals surface area contributed by atoms with E-state index in [1.807, 2.05) is 57.9 Å². The number of hydrogen-bond donors (Lipinski definition) is 1. The Kier molecular flexibility index (Phi) is 5.87. The Hall–Kier alpha value is -3.59. The number of nitrogens with zero attached hydrogens (tertiary/aromatic N) is 6. The minimum absolute atomic E-state index is 0.0129. The molecule has 4 aromatic rings. The van der Waals surface area contributed by atoms with E-state index in [1.165, 1.54) is 0 Å². The summed E-state index contributed by atoms with van der Waals surface area (Å²) in [4.78, 5) is 17.9. The van der Waals surface area contributed by atoms with E-state index in [-0.39, 0.29) is 17.8 Å². The summed E-state index contributed by atoms with van der Waals surface area (Å²) in [6.45, 7) is 2.61. The maximum atomic E-state index is 13.2. The van der Waals surface area contributed by atoms with Crippen LogP contribution in [0, 0.1) is 0 Å². The number of tetrazole rings is 1. The Labute approximate surface area is 191 Å². The van der Waals surface area contributed by atoms with Gasteiger partial charge in [0.25, 0.3) is 0 Å². The Morgan fingerprint density at radius 2 is 2.03 bits per heavy atom. The SMILES string of the molecule is CCCCc1cn(C2CC2OC)c(=O)n1Cc1ccc(-c2ccccc2-c2nn[nH]n2)cn1. The zero-order chi connectivity index (χ0) is 22.8. The third-order valence-corrected chi connectivity index (χ3v) is 6.20. The van der Waals surface area contributed by atoms with Crippen molar-refractivity contribution in [3.05, 3.63) is 70.7 Å². The summed E-state index contributed by atoms with van der Waals surface area (Å²) < 4.78 is 9.13. The number of pyridine rings is 1. The molecule has 170 valence electrons. The minimum Gasteiger partial charge on any atom is -0.379 e. The van der Waals surface area contributed by atoms with Crippen molar-refractivity contribution < 1.29 is 4.74 Å². The molecule has 1 aromatic carbocycles. The third kappa shape index (κ3) is 4.23. The molecular formula is C24H27N7O2. The van der Waals surface area contributed by atoms with Crippen molar-refractivity contribution in [2.45, 2.75) is 51.3 Å². The van der Waals surface area contributed by atoms with E-state index in [9.17, 15) is 4.79 Å². The van der Waals surface area contributed by atoms with Crippen LogP contribution in [0.25, 0.3) is 22.5 Å². The fourth-order valence-corrected chi connectivity index (χ4v) is 4.26. The number of imidazole rings is 1. The summed E-state index contributed by atoms with van der Waals surface area (Å²) in [6.07, 6.45) is 7.87. The average Bonchev–Trinajstić information content (AvgIpc) is 3.29. The molecule has 3 heterocycles. The fourth-order valence-electron chi connectivity index (χ4n) is 4.26. The number of aromatic amines is 1. The second-order valence-corrected chi connectivity index (χ2v) is 8.40. The number of methoxy groups -OCH3 is 1. The van der Waals surface area contributed by atoms with Gasteiger partial charge in [0.05, 0.1) is 24.4 Å². The molecule has 0 bridgehead atoms. The van der Waals surface area contributed by atoms with Crippen molar-refractivity contribution in [1.29, 1.82) is 0 Å². The molecule has 9 nitrogen and oxygen atoms in total. The summed E-state index contributed by atoms with van der Waals surface area (Å²) in [6, 6.07) is 12.0. The maximum absolute atomic E-state index is 13.2. The van der Waals surface area contributed by atoms with Gasteiger partial charge in [-0.05, 0) is 36.1 Å². The zero-order valence-corrected chi connectivity index (χ0v) is 18.8. The number of aryl methyl sites for hydroxylation is 1. The first-order valence-electron chi connectivity index (χ1n) is 11.3. The maximum Gasteiger partial charge on any atom is 0.329 e.